The lowest BCUT2D eigenvalue weighted by atomic mass is 10.00. The molecule has 1 atom stereocenters. The number of amides is 1. The molecule has 0 aliphatic carbocycles. The number of nitrogens with two attached hydrogens (primary N) is 1. The molecule has 0 unspecified atom stereocenters. The second kappa shape index (κ2) is 7.99. The van der Waals surface area contributed by atoms with Gasteiger partial charge in [-0.1, -0.05) is 6.08 Å². The molecule has 2 aromatic rings. The molecule has 0 saturated heterocycles. The van der Waals surface area contributed by atoms with Crippen LogP contribution in [0.1, 0.15) is 38.8 Å². The maximum atomic E-state index is 13.6. The number of nitrogen functional groups attached to an aromatic ring is 1. The average Bonchev–Trinajstić information content (AvgIpc) is 2.55. The highest BCUT2D eigenvalue weighted by Gasteiger charge is 2.20. The third kappa shape index (κ3) is 5.31. The smallest absolute Gasteiger partial charge is 0.408 e. The third-order valence-electron chi connectivity index (χ3n) is 3.58. The lowest BCUT2D eigenvalue weighted by Gasteiger charge is -2.23. The van der Waals surface area contributed by atoms with Crippen molar-refractivity contribution >= 4 is 11.8 Å². The molecule has 2 rings (SSSR count). The number of nitrogens with one attached hydrogen (secondary N) is 1. The van der Waals surface area contributed by atoms with Gasteiger partial charge in [0.25, 0.3) is 0 Å². The Kier molecular flexibility index (Phi) is 5.97. The number of hydrogen-bond donors (Lipinski definition) is 2. The summed E-state index contributed by atoms with van der Waals surface area (Å²) in [5.41, 5.74) is 7.77. The third-order valence-corrected chi connectivity index (χ3v) is 3.58. The zero-order chi connectivity index (χ0) is 19.3. The van der Waals surface area contributed by atoms with Gasteiger partial charge in [0.1, 0.15) is 11.4 Å². The molecule has 0 fully saturated rings. The van der Waals surface area contributed by atoms with Crippen molar-refractivity contribution in [1.82, 2.24) is 10.3 Å². The summed E-state index contributed by atoms with van der Waals surface area (Å²) in [6.07, 6.45) is 4.91. The maximum Gasteiger partial charge on any atom is 0.408 e. The van der Waals surface area contributed by atoms with Crippen LogP contribution in [0.5, 0.6) is 0 Å². The van der Waals surface area contributed by atoms with Crippen LogP contribution in [0.3, 0.4) is 0 Å². The molecule has 5 nitrogen and oxygen atoms in total. The predicted octanol–water partition coefficient (Wildman–Crippen LogP) is 4.61. The first-order chi connectivity index (χ1) is 12.2. The standard InChI is InChI=1S/C20H24FN3O2/c1-5-6-18(24-19(25)26-20(2,3)4)14-9-13(11-23-12-14)16-10-15(21)7-8-17(16)22/h5,7-12,18H,1,6,22H2,2-4H3,(H,24,25)/t18-/m0/s1. The Morgan fingerprint density at radius 3 is 2.77 bits per heavy atom. The summed E-state index contributed by atoms with van der Waals surface area (Å²) in [6.45, 7) is 9.12. The molecular formula is C20H24FN3O2. The number of anilines is 1. The van der Waals surface area contributed by atoms with Crippen molar-refractivity contribution in [1.29, 1.82) is 0 Å². The largest absolute Gasteiger partial charge is 0.444 e. The van der Waals surface area contributed by atoms with E-state index in [0.717, 1.165) is 5.56 Å². The summed E-state index contributed by atoms with van der Waals surface area (Å²) in [6, 6.07) is 5.63. The zero-order valence-corrected chi connectivity index (χ0v) is 15.3. The summed E-state index contributed by atoms with van der Waals surface area (Å²) < 4.78 is 18.9. The molecule has 3 N–H and O–H groups in total. The number of halogens is 1. The fraction of sp³-hybridized carbons (Fsp3) is 0.300. The topological polar surface area (TPSA) is 77.2 Å². The molecule has 6 heteroatoms. The van der Waals surface area contributed by atoms with Gasteiger partial charge in [0.2, 0.25) is 0 Å². The van der Waals surface area contributed by atoms with Gasteiger partial charge in [-0.3, -0.25) is 4.98 Å². The van der Waals surface area contributed by atoms with Crippen LogP contribution in [0, 0.1) is 5.82 Å². The molecule has 0 aliphatic heterocycles. The fourth-order valence-corrected chi connectivity index (χ4v) is 2.47. The molecular weight excluding hydrogens is 333 g/mol. The van der Waals surface area contributed by atoms with E-state index in [1.165, 1.54) is 18.2 Å². The number of carbonyl (C=O) groups is 1. The van der Waals surface area contributed by atoms with Crippen LogP contribution >= 0.6 is 0 Å². The van der Waals surface area contributed by atoms with Crippen LogP contribution in [-0.4, -0.2) is 16.7 Å². The molecule has 0 bridgehead atoms. The highest BCUT2D eigenvalue weighted by atomic mass is 19.1. The van der Waals surface area contributed by atoms with Crippen LogP contribution < -0.4 is 11.1 Å². The first kappa shape index (κ1) is 19.4. The fourth-order valence-electron chi connectivity index (χ4n) is 2.47. The average molecular weight is 357 g/mol. The van der Waals surface area contributed by atoms with Gasteiger partial charge in [0.15, 0.2) is 0 Å². The van der Waals surface area contributed by atoms with Crippen LogP contribution in [0.15, 0.2) is 49.3 Å². The van der Waals surface area contributed by atoms with Gasteiger partial charge >= 0.3 is 6.09 Å². The second-order valence-electron chi connectivity index (χ2n) is 6.96. The molecule has 0 spiro atoms. The normalized spacial score (nSPS) is 12.3. The maximum absolute atomic E-state index is 13.6. The first-order valence-corrected chi connectivity index (χ1v) is 8.30. The second-order valence-corrected chi connectivity index (χ2v) is 6.96. The van der Waals surface area contributed by atoms with Crippen LogP contribution in [0.25, 0.3) is 11.1 Å². The lowest BCUT2D eigenvalue weighted by molar-refractivity contribution is 0.0504. The molecule has 1 amide bonds. The molecule has 0 saturated carbocycles. The number of benzene rings is 1. The molecule has 26 heavy (non-hydrogen) atoms. The van der Waals surface area contributed by atoms with E-state index in [1.54, 1.807) is 39.2 Å². The van der Waals surface area contributed by atoms with E-state index in [0.29, 0.717) is 23.2 Å². The summed E-state index contributed by atoms with van der Waals surface area (Å²) in [4.78, 5) is 16.3. The van der Waals surface area contributed by atoms with Crippen molar-refractivity contribution < 1.29 is 13.9 Å². The van der Waals surface area contributed by atoms with Crippen molar-refractivity contribution in [3.63, 3.8) is 0 Å². The highest BCUT2D eigenvalue weighted by Crippen LogP contribution is 2.29. The van der Waals surface area contributed by atoms with Crippen molar-refractivity contribution in [2.24, 2.45) is 0 Å². The number of ether oxygens (including phenoxy) is 1. The Bertz CT molecular complexity index is 800. The highest BCUT2D eigenvalue weighted by molar-refractivity contribution is 5.76. The molecule has 1 heterocycles. The van der Waals surface area contributed by atoms with Gasteiger partial charge in [-0.2, -0.15) is 0 Å². The Labute approximate surface area is 153 Å². The number of alkyl carbamates (subject to hydrolysis) is 1. The van der Waals surface area contributed by atoms with Gasteiger partial charge < -0.3 is 15.8 Å². The quantitative estimate of drug-likeness (QED) is 0.605. The summed E-state index contributed by atoms with van der Waals surface area (Å²) in [7, 11) is 0. The Balaban J connectivity index is 2.31. The number of rotatable bonds is 5. The van der Waals surface area contributed by atoms with Crippen LogP contribution in [-0.2, 0) is 4.74 Å². The van der Waals surface area contributed by atoms with E-state index < -0.39 is 11.7 Å². The van der Waals surface area contributed by atoms with Crippen molar-refractivity contribution in [2.75, 3.05) is 5.73 Å². The van der Waals surface area contributed by atoms with Gasteiger partial charge in [-0.05, 0) is 57.0 Å². The Hall–Kier alpha value is -2.89. The van der Waals surface area contributed by atoms with E-state index in [1.807, 2.05) is 6.07 Å². The van der Waals surface area contributed by atoms with E-state index in [-0.39, 0.29) is 11.9 Å². The summed E-state index contributed by atoms with van der Waals surface area (Å²) >= 11 is 0. The Morgan fingerprint density at radius 1 is 1.38 bits per heavy atom. The van der Waals surface area contributed by atoms with E-state index in [2.05, 4.69) is 16.9 Å². The number of carbonyl (C=O) groups excluding carboxylic acids is 1. The van der Waals surface area contributed by atoms with Gasteiger partial charge in [-0.15, -0.1) is 6.58 Å². The minimum absolute atomic E-state index is 0.371. The zero-order valence-electron chi connectivity index (χ0n) is 15.3. The van der Waals surface area contributed by atoms with Gasteiger partial charge in [-0.25, -0.2) is 9.18 Å². The monoisotopic (exact) mass is 357 g/mol. The predicted molar refractivity (Wildman–Crippen MR) is 101 cm³/mol. The number of nitrogens with zero attached hydrogens (tertiary/aromatic N) is 1. The van der Waals surface area contributed by atoms with E-state index in [9.17, 15) is 9.18 Å². The lowest BCUT2D eigenvalue weighted by Crippen LogP contribution is -2.34. The number of pyridine rings is 1. The SMILES string of the molecule is C=CC[C@H](NC(=O)OC(C)(C)C)c1cncc(-c2cc(F)ccc2N)c1. The Morgan fingerprint density at radius 2 is 2.12 bits per heavy atom. The van der Waals surface area contributed by atoms with Crippen molar-refractivity contribution in [3.8, 4) is 11.1 Å². The van der Waals surface area contributed by atoms with E-state index >= 15 is 0 Å². The van der Waals surface area contributed by atoms with Gasteiger partial charge in [0, 0.05) is 29.2 Å². The molecule has 0 radical (unpaired) electrons. The molecule has 1 aromatic carbocycles. The minimum atomic E-state index is -0.598. The summed E-state index contributed by atoms with van der Waals surface area (Å²) in [5, 5.41) is 2.82. The molecule has 1 aromatic heterocycles. The van der Waals surface area contributed by atoms with E-state index in [4.69, 9.17) is 10.5 Å². The summed E-state index contributed by atoms with van der Waals surface area (Å²) in [5.74, 6) is -0.380. The van der Waals surface area contributed by atoms with Crippen LogP contribution in [0.4, 0.5) is 14.9 Å². The number of aromatic nitrogens is 1. The van der Waals surface area contributed by atoms with Crippen molar-refractivity contribution in [3.05, 3.63) is 60.7 Å². The van der Waals surface area contributed by atoms with Gasteiger partial charge in [0.05, 0.1) is 6.04 Å². The molecule has 138 valence electrons. The first-order valence-electron chi connectivity index (χ1n) is 8.30. The van der Waals surface area contributed by atoms with Crippen molar-refractivity contribution in [2.45, 2.75) is 38.8 Å². The number of hydrogen-bond acceptors (Lipinski definition) is 4. The molecule has 0 aliphatic rings. The van der Waals surface area contributed by atoms with Crippen LogP contribution in [0.2, 0.25) is 0 Å². The minimum Gasteiger partial charge on any atom is -0.444 e.